The summed E-state index contributed by atoms with van der Waals surface area (Å²) in [5.41, 5.74) is 0.794. The molecule has 9 heteroatoms. The van der Waals surface area contributed by atoms with E-state index in [4.69, 9.17) is 13.9 Å². The number of nitrogens with zero attached hydrogens (tertiary/aromatic N) is 1. The lowest BCUT2D eigenvalue weighted by Crippen LogP contribution is -2.30. The van der Waals surface area contributed by atoms with Crippen LogP contribution in [0.1, 0.15) is 36.9 Å². The highest BCUT2D eigenvalue weighted by atomic mass is 32.2. The number of anilines is 1. The van der Waals surface area contributed by atoms with E-state index in [0.29, 0.717) is 36.8 Å². The topological polar surface area (TPSA) is 98.1 Å². The van der Waals surface area contributed by atoms with Gasteiger partial charge >= 0.3 is 0 Å². The van der Waals surface area contributed by atoms with Crippen molar-refractivity contribution in [3.8, 4) is 11.5 Å². The fourth-order valence-electron chi connectivity index (χ4n) is 3.27. The molecule has 0 radical (unpaired) electrons. The Labute approximate surface area is 194 Å². The van der Waals surface area contributed by atoms with E-state index in [-0.39, 0.29) is 22.9 Å². The van der Waals surface area contributed by atoms with Gasteiger partial charge in [0.1, 0.15) is 18.1 Å². The van der Waals surface area contributed by atoms with E-state index in [1.165, 1.54) is 28.8 Å². The summed E-state index contributed by atoms with van der Waals surface area (Å²) in [4.78, 5) is 13.1. The van der Waals surface area contributed by atoms with Gasteiger partial charge in [-0.05, 0) is 43.3 Å². The first-order valence-electron chi connectivity index (χ1n) is 10.7. The fraction of sp³-hybridized carbons (Fsp3) is 0.292. The molecule has 1 amide bonds. The molecule has 0 bridgehead atoms. The lowest BCUT2D eigenvalue weighted by Gasteiger charge is -2.20. The lowest BCUT2D eigenvalue weighted by atomic mass is 10.2. The molecule has 0 atom stereocenters. The fourth-order valence-corrected chi connectivity index (χ4v) is 4.75. The highest BCUT2D eigenvalue weighted by molar-refractivity contribution is 7.89. The quantitative estimate of drug-likeness (QED) is 0.440. The molecule has 33 heavy (non-hydrogen) atoms. The average molecular weight is 473 g/mol. The Kier molecular flexibility index (Phi) is 8.13. The smallest absolute Gasteiger partial charge is 0.291 e. The van der Waals surface area contributed by atoms with Crippen molar-refractivity contribution in [1.82, 2.24) is 4.31 Å². The Morgan fingerprint density at radius 3 is 2.39 bits per heavy atom. The van der Waals surface area contributed by atoms with Crippen LogP contribution in [0.15, 0.2) is 70.2 Å². The normalized spacial score (nSPS) is 11.4. The predicted molar refractivity (Wildman–Crippen MR) is 125 cm³/mol. The zero-order valence-corrected chi connectivity index (χ0v) is 19.7. The van der Waals surface area contributed by atoms with E-state index in [2.05, 4.69) is 5.32 Å². The third kappa shape index (κ3) is 5.74. The summed E-state index contributed by atoms with van der Waals surface area (Å²) in [7, 11) is -3.71. The van der Waals surface area contributed by atoms with E-state index in [1.54, 1.807) is 26.8 Å². The zero-order valence-electron chi connectivity index (χ0n) is 18.9. The van der Waals surface area contributed by atoms with Gasteiger partial charge < -0.3 is 19.2 Å². The monoisotopic (exact) mass is 472 g/mol. The van der Waals surface area contributed by atoms with Crippen LogP contribution in [0.3, 0.4) is 0 Å². The van der Waals surface area contributed by atoms with Gasteiger partial charge in [0.25, 0.3) is 5.91 Å². The van der Waals surface area contributed by atoms with Gasteiger partial charge in [0.15, 0.2) is 5.76 Å². The summed E-state index contributed by atoms with van der Waals surface area (Å²) in [5.74, 6) is 0.561. The van der Waals surface area contributed by atoms with Crippen LogP contribution in [0.2, 0.25) is 0 Å². The number of amides is 1. The van der Waals surface area contributed by atoms with E-state index in [9.17, 15) is 13.2 Å². The van der Waals surface area contributed by atoms with Crippen molar-refractivity contribution >= 4 is 21.6 Å². The van der Waals surface area contributed by atoms with Gasteiger partial charge in [-0.2, -0.15) is 4.31 Å². The molecule has 0 saturated carbocycles. The molecule has 2 aromatic carbocycles. The standard InChI is InChI=1S/C24H28N2O6S/c1-4-26(5-2)33(28,29)20-12-13-22(30-6-3)21(16-20)25-24(27)23-18(14-15-31-23)17-32-19-10-8-7-9-11-19/h7-16H,4-6,17H2,1-3H3,(H,25,27). The van der Waals surface area contributed by atoms with Crippen LogP contribution < -0.4 is 14.8 Å². The number of sulfonamides is 1. The number of hydrogen-bond donors (Lipinski definition) is 1. The SMILES string of the molecule is CCOc1ccc(S(=O)(=O)N(CC)CC)cc1NC(=O)c1occc1COc1ccccc1. The van der Waals surface area contributed by atoms with E-state index in [0.717, 1.165) is 0 Å². The first-order chi connectivity index (χ1) is 15.9. The number of hydrogen-bond acceptors (Lipinski definition) is 6. The Bertz CT molecular complexity index is 1170. The molecule has 8 nitrogen and oxygen atoms in total. The van der Waals surface area contributed by atoms with E-state index in [1.807, 2.05) is 30.3 Å². The van der Waals surface area contributed by atoms with Crippen molar-refractivity contribution in [3.63, 3.8) is 0 Å². The van der Waals surface area contributed by atoms with Gasteiger partial charge in [0, 0.05) is 18.7 Å². The molecule has 0 aliphatic heterocycles. The largest absolute Gasteiger partial charge is 0.492 e. The molecule has 3 rings (SSSR count). The van der Waals surface area contributed by atoms with Gasteiger partial charge in [0.2, 0.25) is 10.0 Å². The van der Waals surface area contributed by atoms with Crippen molar-refractivity contribution in [2.75, 3.05) is 25.0 Å². The minimum atomic E-state index is -3.71. The van der Waals surface area contributed by atoms with Crippen LogP contribution in [-0.4, -0.2) is 38.3 Å². The molecular weight excluding hydrogens is 444 g/mol. The lowest BCUT2D eigenvalue weighted by molar-refractivity contribution is 0.0992. The number of para-hydroxylation sites is 1. The van der Waals surface area contributed by atoms with Gasteiger partial charge in [-0.25, -0.2) is 8.42 Å². The highest BCUT2D eigenvalue weighted by Gasteiger charge is 2.24. The zero-order chi connectivity index (χ0) is 23.8. The number of rotatable bonds is 11. The molecule has 0 unspecified atom stereocenters. The molecule has 0 aliphatic carbocycles. The second-order valence-corrected chi connectivity index (χ2v) is 8.95. The van der Waals surface area contributed by atoms with Gasteiger partial charge in [-0.15, -0.1) is 0 Å². The van der Waals surface area contributed by atoms with Crippen molar-refractivity contribution in [3.05, 3.63) is 72.2 Å². The Morgan fingerprint density at radius 2 is 1.73 bits per heavy atom. The number of carbonyl (C=O) groups excluding carboxylic acids is 1. The maximum absolute atomic E-state index is 13.0. The summed E-state index contributed by atoms with van der Waals surface area (Å²) in [6.07, 6.45) is 1.41. The molecule has 0 aliphatic rings. The molecule has 0 saturated heterocycles. The molecule has 0 spiro atoms. The first-order valence-corrected chi connectivity index (χ1v) is 12.2. The van der Waals surface area contributed by atoms with Gasteiger partial charge in [-0.1, -0.05) is 32.0 Å². The second-order valence-electron chi connectivity index (χ2n) is 7.01. The number of carbonyl (C=O) groups is 1. The maximum Gasteiger partial charge on any atom is 0.291 e. The van der Waals surface area contributed by atoms with Gasteiger partial charge in [0.05, 0.1) is 23.5 Å². The van der Waals surface area contributed by atoms with Crippen LogP contribution in [0.5, 0.6) is 11.5 Å². The Morgan fingerprint density at radius 1 is 1.00 bits per heavy atom. The second kappa shape index (κ2) is 11.0. The number of benzene rings is 2. The number of furan rings is 1. The van der Waals surface area contributed by atoms with E-state index >= 15 is 0 Å². The van der Waals surface area contributed by atoms with Crippen LogP contribution in [0, 0.1) is 0 Å². The molecule has 1 aromatic heterocycles. The average Bonchev–Trinajstić information content (AvgIpc) is 3.29. The third-order valence-corrected chi connectivity index (χ3v) is 6.98. The van der Waals surface area contributed by atoms with Crippen LogP contribution >= 0.6 is 0 Å². The summed E-state index contributed by atoms with van der Waals surface area (Å²) >= 11 is 0. The third-order valence-electron chi connectivity index (χ3n) is 4.93. The summed E-state index contributed by atoms with van der Waals surface area (Å²) in [6, 6.07) is 15.3. The molecular formula is C24H28N2O6S. The minimum Gasteiger partial charge on any atom is -0.492 e. The van der Waals surface area contributed by atoms with Crippen molar-refractivity contribution in [2.45, 2.75) is 32.3 Å². The van der Waals surface area contributed by atoms with Crippen LogP contribution in [0.25, 0.3) is 0 Å². The van der Waals surface area contributed by atoms with Gasteiger partial charge in [-0.3, -0.25) is 4.79 Å². The van der Waals surface area contributed by atoms with Crippen molar-refractivity contribution in [2.24, 2.45) is 0 Å². The molecule has 1 N–H and O–H groups in total. The maximum atomic E-state index is 13.0. The van der Waals surface area contributed by atoms with E-state index < -0.39 is 15.9 Å². The summed E-state index contributed by atoms with van der Waals surface area (Å²) in [6.45, 7) is 6.51. The summed E-state index contributed by atoms with van der Waals surface area (Å²) in [5, 5.41) is 2.73. The first kappa shape index (κ1) is 24.3. The number of ether oxygens (including phenoxy) is 2. The molecule has 1 heterocycles. The number of nitrogens with one attached hydrogen (secondary N) is 1. The molecule has 176 valence electrons. The molecule has 3 aromatic rings. The minimum absolute atomic E-state index is 0.0667. The highest BCUT2D eigenvalue weighted by Crippen LogP contribution is 2.30. The van der Waals surface area contributed by atoms with Crippen LogP contribution in [0.4, 0.5) is 5.69 Å². The Hall–Kier alpha value is -3.30. The predicted octanol–water partition coefficient (Wildman–Crippen LogP) is 4.54. The van der Waals surface area contributed by atoms with Crippen LogP contribution in [-0.2, 0) is 16.6 Å². The molecule has 0 fully saturated rings. The van der Waals surface area contributed by atoms with Crippen molar-refractivity contribution in [1.29, 1.82) is 0 Å². The summed E-state index contributed by atoms with van der Waals surface area (Å²) < 4.78 is 43.9. The van der Waals surface area contributed by atoms with Crippen molar-refractivity contribution < 1.29 is 27.1 Å². The Balaban J connectivity index is 1.85.